The summed E-state index contributed by atoms with van der Waals surface area (Å²) < 4.78 is 5.12. The average Bonchev–Trinajstić information content (AvgIpc) is 2.26. The number of aromatic carboxylic acids is 1. The third-order valence-corrected chi connectivity index (χ3v) is 3.35. The minimum absolute atomic E-state index is 0.0244. The minimum Gasteiger partial charge on any atom is -0.497 e. The molecular weight excluding hydrogens is 218 g/mol. The summed E-state index contributed by atoms with van der Waals surface area (Å²) in [6, 6.07) is 4.98. The SMILES string of the molecule is COc1ccc(C(=O)O)c(NC2(C)CCC2)c1. The van der Waals surface area contributed by atoms with Crippen LogP contribution in [0.25, 0.3) is 0 Å². The summed E-state index contributed by atoms with van der Waals surface area (Å²) in [5, 5.41) is 12.5. The number of nitrogens with one attached hydrogen (secondary N) is 1. The Morgan fingerprint density at radius 1 is 1.47 bits per heavy atom. The molecule has 0 aliphatic heterocycles. The molecule has 0 aromatic heterocycles. The van der Waals surface area contributed by atoms with Crippen LogP contribution in [0.2, 0.25) is 0 Å². The van der Waals surface area contributed by atoms with E-state index in [1.54, 1.807) is 25.3 Å². The molecule has 92 valence electrons. The first-order valence-electron chi connectivity index (χ1n) is 5.74. The van der Waals surface area contributed by atoms with Crippen LogP contribution in [0.15, 0.2) is 18.2 Å². The molecule has 17 heavy (non-hydrogen) atoms. The lowest BCUT2D eigenvalue weighted by molar-refractivity contribution is 0.0697. The third-order valence-electron chi connectivity index (χ3n) is 3.35. The molecule has 0 amide bonds. The topological polar surface area (TPSA) is 58.6 Å². The van der Waals surface area contributed by atoms with Crippen molar-refractivity contribution in [1.82, 2.24) is 0 Å². The third kappa shape index (κ3) is 2.35. The quantitative estimate of drug-likeness (QED) is 0.842. The normalized spacial score (nSPS) is 17.1. The summed E-state index contributed by atoms with van der Waals surface area (Å²) in [5.74, 6) is -0.251. The van der Waals surface area contributed by atoms with E-state index in [0.717, 1.165) is 12.8 Å². The maximum absolute atomic E-state index is 11.1. The Hall–Kier alpha value is -1.71. The van der Waals surface area contributed by atoms with Gasteiger partial charge in [-0.05, 0) is 38.3 Å². The van der Waals surface area contributed by atoms with Crippen LogP contribution in [0.4, 0.5) is 5.69 Å². The highest BCUT2D eigenvalue weighted by molar-refractivity contribution is 5.94. The number of carboxylic acids is 1. The molecule has 2 rings (SSSR count). The van der Waals surface area contributed by atoms with E-state index in [1.807, 2.05) is 0 Å². The Morgan fingerprint density at radius 3 is 2.65 bits per heavy atom. The van der Waals surface area contributed by atoms with E-state index in [1.165, 1.54) is 6.42 Å². The molecule has 0 spiro atoms. The molecular formula is C13H17NO3. The van der Waals surface area contributed by atoms with Crippen LogP contribution in [0, 0.1) is 0 Å². The molecule has 2 N–H and O–H groups in total. The van der Waals surface area contributed by atoms with Gasteiger partial charge in [0.15, 0.2) is 0 Å². The molecule has 1 aliphatic carbocycles. The predicted molar refractivity (Wildman–Crippen MR) is 65.8 cm³/mol. The van der Waals surface area contributed by atoms with Gasteiger partial charge in [-0.2, -0.15) is 0 Å². The fourth-order valence-corrected chi connectivity index (χ4v) is 2.10. The number of hydrogen-bond acceptors (Lipinski definition) is 3. The molecule has 1 aliphatic rings. The summed E-state index contributed by atoms with van der Waals surface area (Å²) in [4.78, 5) is 11.1. The van der Waals surface area contributed by atoms with Gasteiger partial charge < -0.3 is 15.2 Å². The standard InChI is InChI=1S/C13H17NO3/c1-13(6-3-7-13)14-11-8-9(17-2)4-5-10(11)12(15)16/h4-5,8,14H,3,6-7H2,1-2H3,(H,15,16). The van der Waals surface area contributed by atoms with E-state index < -0.39 is 5.97 Å². The van der Waals surface area contributed by atoms with Crippen molar-refractivity contribution in [3.63, 3.8) is 0 Å². The van der Waals surface area contributed by atoms with Gasteiger partial charge in [-0.3, -0.25) is 0 Å². The Bertz CT molecular complexity index is 438. The zero-order valence-corrected chi connectivity index (χ0v) is 10.1. The number of carbonyl (C=O) groups is 1. The van der Waals surface area contributed by atoms with Crippen molar-refractivity contribution in [2.24, 2.45) is 0 Å². The van der Waals surface area contributed by atoms with E-state index in [4.69, 9.17) is 9.84 Å². The molecule has 4 nitrogen and oxygen atoms in total. The van der Waals surface area contributed by atoms with Gasteiger partial charge in [0.1, 0.15) is 5.75 Å². The van der Waals surface area contributed by atoms with Gasteiger partial charge in [0, 0.05) is 11.6 Å². The summed E-state index contributed by atoms with van der Waals surface area (Å²) in [5.41, 5.74) is 0.953. The molecule has 0 atom stereocenters. The van der Waals surface area contributed by atoms with Crippen LogP contribution in [-0.4, -0.2) is 23.7 Å². The van der Waals surface area contributed by atoms with E-state index in [0.29, 0.717) is 17.0 Å². The fourth-order valence-electron chi connectivity index (χ4n) is 2.10. The Balaban J connectivity index is 2.31. The maximum Gasteiger partial charge on any atom is 0.337 e. The first-order valence-corrected chi connectivity index (χ1v) is 5.74. The highest BCUT2D eigenvalue weighted by Crippen LogP contribution is 2.36. The van der Waals surface area contributed by atoms with Gasteiger partial charge in [0.25, 0.3) is 0 Å². The number of methoxy groups -OCH3 is 1. The highest BCUT2D eigenvalue weighted by atomic mass is 16.5. The van der Waals surface area contributed by atoms with Crippen LogP contribution >= 0.6 is 0 Å². The summed E-state index contributed by atoms with van der Waals surface area (Å²) in [6.07, 6.45) is 3.34. The molecule has 1 aromatic carbocycles. The van der Waals surface area contributed by atoms with Gasteiger partial charge in [0.05, 0.1) is 18.4 Å². The molecule has 0 heterocycles. The second-order valence-electron chi connectivity index (χ2n) is 4.76. The summed E-state index contributed by atoms with van der Waals surface area (Å²) in [7, 11) is 1.57. The van der Waals surface area contributed by atoms with Gasteiger partial charge in [-0.1, -0.05) is 0 Å². The Kier molecular flexibility index (Phi) is 2.96. The van der Waals surface area contributed by atoms with Crippen molar-refractivity contribution in [3.8, 4) is 5.75 Å². The second-order valence-corrected chi connectivity index (χ2v) is 4.76. The van der Waals surface area contributed by atoms with E-state index >= 15 is 0 Å². The van der Waals surface area contributed by atoms with E-state index in [-0.39, 0.29) is 5.54 Å². The molecule has 1 fully saturated rings. The average molecular weight is 235 g/mol. The van der Waals surface area contributed by atoms with Gasteiger partial charge in [0.2, 0.25) is 0 Å². The number of benzene rings is 1. The lowest BCUT2D eigenvalue weighted by atomic mass is 9.78. The summed E-state index contributed by atoms with van der Waals surface area (Å²) in [6.45, 7) is 2.11. The van der Waals surface area contributed by atoms with E-state index in [2.05, 4.69) is 12.2 Å². The Labute approximate surface area is 101 Å². The molecule has 0 bridgehead atoms. The second kappa shape index (κ2) is 4.28. The van der Waals surface area contributed by atoms with Crippen LogP contribution in [0.5, 0.6) is 5.75 Å². The highest BCUT2D eigenvalue weighted by Gasteiger charge is 2.32. The monoisotopic (exact) mass is 235 g/mol. The largest absolute Gasteiger partial charge is 0.497 e. The molecule has 0 saturated heterocycles. The van der Waals surface area contributed by atoms with Gasteiger partial charge in [-0.25, -0.2) is 4.79 Å². The van der Waals surface area contributed by atoms with Crippen molar-refractivity contribution >= 4 is 11.7 Å². The minimum atomic E-state index is -0.918. The lowest BCUT2D eigenvalue weighted by Crippen LogP contribution is -2.42. The zero-order chi connectivity index (χ0) is 12.5. The lowest BCUT2D eigenvalue weighted by Gasteiger charge is -2.40. The first kappa shape index (κ1) is 11.8. The smallest absolute Gasteiger partial charge is 0.337 e. The number of ether oxygens (including phenoxy) is 1. The number of anilines is 1. The van der Waals surface area contributed by atoms with Crippen LogP contribution in [0.3, 0.4) is 0 Å². The van der Waals surface area contributed by atoms with Crippen molar-refractivity contribution in [1.29, 1.82) is 0 Å². The van der Waals surface area contributed by atoms with Crippen molar-refractivity contribution in [2.75, 3.05) is 12.4 Å². The molecule has 1 aromatic rings. The summed E-state index contributed by atoms with van der Waals surface area (Å²) >= 11 is 0. The predicted octanol–water partition coefficient (Wildman–Crippen LogP) is 2.75. The molecule has 0 radical (unpaired) electrons. The number of carboxylic acid groups (broad SMARTS) is 1. The van der Waals surface area contributed by atoms with E-state index in [9.17, 15) is 4.79 Å². The van der Waals surface area contributed by atoms with Gasteiger partial charge >= 0.3 is 5.97 Å². The first-order chi connectivity index (χ1) is 8.04. The molecule has 1 saturated carbocycles. The molecule has 4 heteroatoms. The van der Waals surface area contributed by atoms with Crippen molar-refractivity contribution in [2.45, 2.75) is 31.7 Å². The van der Waals surface area contributed by atoms with Crippen LogP contribution < -0.4 is 10.1 Å². The van der Waals surface area contributed by atoms with Crippen LogP contribution in [0.1, 0.15) is 36.5 Å². The fraction of sp³-hybridized carbons (Fsp3) is 0.462. The zero-order valence-electron chi connectivity index (χ0n) is 10.1. The van der Waals surface area contributed by atoms with Gasteiger partial charge in [-0.15, -0.1) is 0 Å². The number of hydrogen-bond donors (Lipinski definition) is 2. The molecule has 0 unspecified atom stereocenters. The number of rotatable bonds is 4. The van der Waals surface area contributed by atoms with Crippen molar-refractivity contribution < 1.29 is 14.6 Å². The Morgan fingerprint density at radius 2 is 2.18 bits per heavy atom. The maximum atomic E-state index is 11.1. The van der Waals surface area contributed by atoms with Crippen molar-refractivity contribution in [3.05, 3.63) is 23.8 Å². The van der Waals surface area contributed by atoms with Crippen LogP contribution in [-0.2, 0) is 0 Å².